The van der Waals surface area contributed by atoms with Crippen molar-refractivity contribution in [2.75, 3.05) is 13.7 Å². The summed E-state index contributed by atoms with van der Waals surface area (Å²) in [4.78, 5) is 24.8. The summed E-state index contributed by atoms with van der Waals surface area (Å²) >= 11 is 4.31. The van der Waals surface area contributed by atoms with E-state index in [0.717, 1.165) is 24.8 Å². The number of amides is 1. The van der Waals surface area contributed by atoms with Crippen molar-refractivity contribution in [3.05, 3.63) is 59.7 Å². The summed E-state index contributed by atoms with van der Waals surface area (Å²) in [6, 6.07) is 15.0. The molecule has 0 atom stereocenters. The van der Waals surface area contributed by atoms with Gasteiger partial charge in [0.05, 0.1) is 12.7 Å². The second kappa shape index (κ2) is 10.7. The number of Topliss-reactive ketones (excluding diaryl/α,β-unsaturated/α-hetero) is 1. The SMILES string of the molecule is COc1ccc(S)c(C(=O)NCCCCCC(=O)Cc2ccccc2)c1. The Morgan fingerprint density at radius 2 is 1.81 bits per heavy atom. The van der Waals surface area contributed by atoms with Crippen LogP contribution >= 0.6 is 12.6 Å². The van der Waals surface area contributed by atoms with Crippen molar-refractivity contribution in [3.8, 4) is 5.75 Å². The average Bonchev–Trinajstić information content (AvgIpc) is 2.65. The van der Waals surface area contributed by atoms with Gasteiger partial charge in [-0.2, -0.15) is 0 Å². The Kier molecular flexibility index (Phi) is 8.22. The third-order valence-electron chi connectivity index (χ3n) is 4.11. The van der Waals surface area contributed by atoms with Crippen LogP contribution in [0.25, 0.3) is 0 Å². The van der Waals surface area contributed by atoms with Gasteiger partial charge in [0.2, 0.25) is 0 Å². The number of benzene rings is 2. The van der Waals surface area contributed by atoms with Gasteiger partial charge in [-0.25, -0.2) is 0 Å². The number of thiol groups is 1. The highest BCUT2D eigenvalue weighted by molar-refractivity contribution is 7.80. The first-order valence-corrected chi connectivity index (χ1v) is 9.25. The number of carbonyl (C=O) groups is 2. The third kappa shape index (κ3) is 6.56. The molecular weight excluding hydrogens is 346 g/mol. The van der Waals surface area contributed by atoms with Gasteiger partial charge in [-0.15, -0.1) is 12.6 Å². The molecule has 4 nitrogen and oxygen atoms in total. The first kappa shape index (κ1) is 20.0. The van der Waals surface area contributed by atoms with Crippen LogP contribution in [-0.2, 0) is 11.2 Å². The van der Waals surface area contributed by atoms with Gasteiger partial charge in [-0.1, -0.05) is 36.8 Å². The Bertz CT molecular complexity index is 731. The Balaban J connectivity index is 1.63. The number of ketones is 1. The van der Waals surface area contributed by atoms with E-state index in [1.807, 2.05) is 30.3 Å². The first-order valence-electron chi connectivity index (χ1n) is 8.81. The number of carbonyl (C=O) groups excluding carboxylic acids is 2. The van der Waals surface area contributed by atoms with Crippen molar-refractivity contribution in [2.24, 2.45) is 0 Å². The molecule has 26 heavy (non-hydrogen) atoms. The molecule has 0 aromatic heterocycles. The van der Waals surface area contributed by atoms with Gasteiger partial charge in [0.25, 0.3) is 5.91 Å². The van der Waals surface area contributed by atoms with E-state index in [4.69, 9.17) is 4.74 Å². The van der Waals surface area contributed by atoms with Crippen molar-refractivity contribution in [1.82, 2.24) is 5.32 Å². The maximum absolute atomic E-state index is 12.2. The summed E-state index contributed by atoms with van der Waals surface area (Å²) in [5.74, 6) is 0.732. The molecule has 0 saturated heterocycles. The summed E-state index contributed by atoms with van der Waals surface area (Å²) < 4.78 is 5.14. The average molecular weight is 372 g/mol. The van der Waals surface area contributed by atoms with Gasteiger partial charge < -0.3 is 10.1 Å². The third-order valence-corrected chi connectivity index (χ3v) is 4.50. The molecule has 0 saturated carbocycles. The lowest BCUT2D eigenvalue weighted by Gasteiger charge is -2.09. The standard InChI is InChI=1S/C21H25NO3S/c1-25-18-11-12-20(26)19(15-18)21(24)22-13-7-3-6-10-17(23)14-16-8-4-2-5-9-16/h2,4-5,8-9,11-12,15,26H,3,6-7,10,13-14H2,1H3,(H,22,24). The van der Waals surface area contributed by atoms with E-state index in [1.165, 1.54) is 0 Å². The fraction of sp³-hybridized carbons (Fsp3) is 0.333. The topological polar surface area (TPSA) is 55.4 Å². The van der Waals surface area contributed by atoms with E-state index in [2.05, 4.69) is 17.9 Å². The normalized spacial score (nSPS) is 10.4. The zero-order valence-electron chi connectivity index (χ0n) is 15.0. The quantitative estimate of drug-likeness (QED) is 0.489. The molecule has 0 fully saturated rings. The fourth-order valence-corrected chi connectivity index (χ4v) is 2.90. The van der Waals surface area contributed by atoms with Crippen LogP contribution in [0.3, 0.4) is 0 Å². The Hall–Kier alpha value is -2.27. The predicted molar refractivity (Wildman–Crippen MR) is 106 cm³/mol. The lowest BCUT2D eigenvalue weighted by Crippen LogP contribution is -2.24. The molecule has 1 amide bonds. The number of hydrogen-bond acceptors (Lipinski definition) is 4. The van der Waals surface area contributed by atoms with E-state index < -0.39 is 0 Å². The van der Waals surface area contributed by atoms with E-state index in [-0.39, 0.29) is 11.7 Å². The predicted octanol–water partition coefficient (Wildman–Crippen LogP) is 4.09. The van der Waals surface area contributed by atoms with Gasteiger partial charge >= 0.3 is 0 Å². The molecule has 0 radical (unpaired) electrons. The molecule has 0 aliphatic heterocycles. The molecule has 2 aromatic rings. The summed E-state index contributed by atoms with van der Waals surface area (Å²) in [5.41, 5.74) is 1.57. The fourth-order valence-electron chi connectivity index (χ4n) is 2.66. The minimum atomic E-state index is -0.158. The molecule has 2 aromatic carbocycles. The second-order valence-electron chi connectivity index (χ2n) is 6.15. The lowest BCUT2D eigenvalue weighted by molar-refractivity contribution is -0.118. The second-order valence-corrected chi connectivity index (χ2v) is 6.63. The number of hydrogen-bond donors (Lipinski definition) is 2. The van der Waals surface area contributed by atoms with Crippen LogP contribution < -0.4 is 10.1 Å². The summed E-state index contributed by atoms with van der Waals surface area (Å²) in [6.45, 7) is 0.580. The number of unbranched alkanes of at least 4 members (excludes halogenated alkanes) is 2. The van der Waals surface area contributed by atoms with Gasteiger partial charge in [0, 0.05) is 24.3 Å². The largest absolute Gasteiger partial charge is 0.497 e. The Morgan fingerprint density at radius 3 is 2.54 bits per heavy atom. The van der Waals surface area contributed by atoms with E-state index >= 15 is 0 Å². The highest BCUT2D eigenvalue weighted by Crippen LogP contribution is 2.20. The monoisotopic (exact) mass is 371 g/mol. The maximum Gasteiger partial charge on any atom is 0.252 e. The summed E-state index contributed by atoms with van der Waals surface area (Å²) in [6.07, 6.45) is 3.68. The van der Waals surface area contributed by atoms with Crippen LogP contribution in [-0.4, -0.2) is 25.3 Å². The molecule has 2 rings (SSSR count). The molecule has 0 bridgehead atoms. The van der Waals surface area contributed by atoms with Gasteiger partial charge in [-0.3, -0.25) is 9.59 Å². The minimum Gasteiger partial charge on any atom is -0.497 e. The Morgan fingerprint density at radius 1 is 1.04 bits per heavy atom. The molecule has 0 heterocycles. The number of ether oxygens (including phenoxy) is 1. The number of methoxy groups -OCH3 is 1. The zero-order valence-corrected chi connectivity index (χ0v) is 15.9. The van der Waals surface area contributed by atoms with E-state index in [9.17, 15) is 9.59 Å². The van der Waals surface area contributed by atoms with Crippen LogP contribution in [0.15, 0.2) is 53.4 Å². The molecule has 138 valence electrons. The van der Waals surface area contributed by atoms with Crippen molar-refractivity contribution >= 4 is 24.3 Å². The molecular formula is C21H25NO3S. The minimum absolute atomic E-state index is 0.158. The van der Waals surface area contributed by atoms with Gasteiger partial charge in [0.15, 0.2) is 0 Å². The lowest BCUT2D eigenvalue weighted by atomic mass is 10.0. The number of nitrogens with one attached hydrogen (secondary N) is 1. The van der Waals surface area contributed by atoms with Crippen LogP contribution in [0.4, 0.5) is 0 Å². The Labute approximate surface area is 160 Å². The molecule has 1 N–H and O–H groups in total. The highest BCUT2D eigenvalue weighted by Gasteiger charge is 2.10. The molecule has 0 unspecified atom stereocenters. The molecule has 0 aliphatic carbocycles. The van der Waals surface area contributed by atoms with Crippen LogP contribution in [0.2, 0.25) is 0 Å². The van der Waals surface area contributed by atoms with Gasteiger partial charge in [-0.05, 0) is 36.6 Å². The molecule has 0 aliphatic rings. The van der Waals surface area contributed by atoms with E-state index in [1.54, 1.807) is 25.3 Å². The van der Waals surface area contributed by atoms with Crippen molar-refractivity contribution in [3.63, 3.8) is 0 Å². The maximum atomic E-state index is 12.2. The van der Waals surface area contributed by atoms with E-state index in [0.29, 0.717) is 35.6 Å². The van der Waals surface area contributed by atoms with Crippen LogP contribution in [0, 0.1) is 0 Å². The molecule has 5 heteroatoms. The van der Waals surface area contributed by atoms with Crippen LogP contribution in [0.1, 0.15) is 41.6 Å². The zero-order chi connectivity index (χ0) is 18.8. The summed E-state index contributed by atoms with van der Waals surface area (Å²) in [7, 11) is 1.56. The van der Waals surface area contributed by atoms with Crippen LogP contribution in [0.5, 0.6) is 5.75 Å². The van der Waals surface area contributed by atoms with Crippen molar-refractivity contribution in [2.45, 2.75) is 37.0 Å². The van der Waals surface area contributed by atoms with Crippen molar-refractivity contribution < 1.29 is 14.3 Å². The van der Waals surface area contributed by atoms with Crippen molar-refractivity contribution in [1.29, 1.82) is 0 Å². The summed E-state index contributed by atoms with van der Waals surface area (Å²) in [5, 5.41) is 2.89. The molecule has 0 spiro atoms. The smallest absolute Gasteiger partial charge is 0.252 e. The van der Waals surface area contributed by atoms with Gasteiger partial charge in [0.1, 0.15) is 11.5 Å². The highest BCUT2D eigenvalue weighted by atomic mass is 32.1. The first-order chi connectivity index (χ1) is 12.6. The number of rotatable bonds is 10.